The van der Waals surface area contributed by atoms with Crippen molar-refractivity contribution in [2.75, 3.05) is 0 Å². The molecule has 0 saturated carbocycles. The van der Waals surface area contributed by atoms with Gasteiger partial charge in [-0.2, -0.15) is 0 Å². The van der Waals surface area contributed by atoms with Gasteiger partial charge >= 0.3 is 0 Å². The van der Waals surface area contributed by atoms with Crippen LogP contribution in [0.15, 0.2) is 400 Å². The smallest absolute Gasteiger partial charge is 0.000421 e. The third kappa shape index (κ3) is 28.4. The molecule has 0 amide bonds. The van der Waals surface area contributed by atoms with Crippen LogP contribution in [0, 0.1) is 13.8 Å². The minimum Gasteiger partial charge on any atom is -0.0776 e. The maximum atomic E-state index is 2.43. The van der Waals surface area contributed by atoms with Crippen LogP contribution in [0.25, 0.3) is 111 Å². The van der Waals surface area contributed by atoms with Gasteiger partial charge in [0, 0.05) is 0 Å². The predicted molar refractivity (Wildman–Crippen MR) is 632 cm³/mol. The summed E-state index contributed by atoms with van der Waals surface area (Å²) < 4.78 is 0. The summed E-state index contributed by atoms with van der Waals surface area (Å²) in [5.74, 6) is 0. The Balaban J connectivity index is 0.000000284. The predicted octanol–water partition coefficient (Wildman–Crippen LogP) is 42.6. The van der Waals surface area contributed by atoms with E-state index in [1.165, 1.54) is 177 Å². The highest BCUT2D eigenvalue weighted by Crippen LogP contribution is 2.52. The molecule has 0 bridgehead atoms. The van der Waals surface area contributed by atoms with E-state index < -0.39 is 0 Å². The molecular weight excluding hydrogens is 1680 g/mol. The molecule has 0 radical (unpaired) electrons. The molecular formula is C140H168. The Kier molecular flexibility index (Phi) is 53.4. The first-order valence-electron chi connectivity index (χ1n) is 52.5. The maximum Gasteiger partial charge on any atom is -0.000421 e. The summed E-state index contributed by atoms with van der Waals surface area (Å²) in [6.07, 6.45) is 8.69. The molecule has 0 saturated heterocycles. The summed E-state index contributed by atoms with van der Waals surface area (Å²) in [5.41, 5.74) is 49.8. The standard InChI is InChI=1S/2C24H16.2C20H14.2C7H8.2C6H6.12C2H6.2CH4/c1-3-7-17-15(5-1)9-10-20-21-12-11-19-18-8-4-2-6-16(18)13-22(19)24(21)14-23(17)20;1-2-6-16-12-22-18(11-15(16)5-1)14-24-21(22)10-9-20-19-8-4-3-7-17(19)13-23(20)24;1-3-7-17-13(5-1)9-15-11-20-16(12-19(15)17)10-14-6-2-4-8-18(14)20;1-3-7-15-13(5-1)11-19-17(15)9-10-18-16-8-4-2-6-14(16)12-20(18)19;2*1-7-5-3-2-4-6-7;2*1-2-4-6-5-3-1;12*1-2;;/h2*1-12H,13-14H2;1-8,11-12H,9-10H2;1-10H,11-12H2;2*2-6H,1H3;2*1-6H;12*1-2H3;2*1H4. The average molecular weight is 1850 g/mol. The van der Waals surface area contributed by atoms with Crippen molar-refractivity contribution >= 4 is 21.5 Å². The van der Waals surface area contributed by atoms with Crippen molar-refractivity contribution in [3.8, 4) is 89.0 Å². The summed E-state index contributed by atoms with van der Waals surface area (Å²) >= 11 is 0. The van der Waals surface area contributed by atoms with Crippen molar-refractivity contribution < 1.29 is 0 Å². The highest BCUT2D eigenvalue weighted by Gasteiger charge is 2.32. The van der Waals surface area contributed by atoms with E-state index in [1.54, 1.807) is 33.4 Å². The van der Waals surface area contributed by atoms with Gasteiger partial charge in [-0.3, -0.25) is 0 Å². The Hall–Kier alpha value is -13.5. The quantitative estimate of drug-likeness (QED) is 0.142. The van der Waals surface area contributed by atoms with Crippen LogP contribution in [-0.2, 0) is 51.4 Å². The lowest BCUT2D eigenvalue weighted by atomic mass is 9.96. The molecule has 0 unspecified atom stereocenters. The summed E-state index contributed by atoms with van der Waals surface area (Å²) in [7, 11) is 0. The molecule has 140 heavy (non-hydrogen) atoms. The van der Waals surface area contributed by atoms with Gasteiger partial charge in [-0.15, -0.1) is 0 Å². The molecule has 18 aromatic carbocycles. The first-order valence-corrected chi connectivity index (χ1v) is 52.5. The van der Waals surface area contributed by atoms with Crippen LogP contribution in [0.2, 0.25) is 0 Å². The molecule has 0 atom stereocenters. The van der Waals surface area contributed by atoms with Crippen LogP contribution < -0.4 is 0 Å². The molecule has 8 aliphatic rings. The molecule has 26 rings (SSSR count). The van der Waals surface area contributed by atoms with Gasteiger partial charge in [-0.1, -0.05) is 574 Å². The monoisotopic (exact) mass is 1850 g/mol. The molecule has 0 aliphatic heterocycles. The lowest BCUT2D eigenvalue weighted by Crippen LogP contribution is -1.91. The molecule has 8 aliphatic carbocycles. The molecule has 0 spiro atoms. The minimum absolute atomic E-state index is 0. The number of rotatable bonds is 0. The van der Waals surface area contributed by atoms with Crippen molar-refractivity contribution in [3.63, 3.8) is 0 Å². The van der Waals surface area contributed by atoms with Crippen molar-refractivity contribution in [2.45, 2.75) is 246 Å². The topological polar surface area (TPSA) is 0 Å². The lowest BCUT2D eigenvalue weighted by molar-refractivity contribution is 1.16. The van der Waals surface area contributed by atoms with E-state index in [4.69, 9.17) is 0 Å². The van der Waals surface area contributed by atoms with Crippen LogP contribution in [0.1, 0.15) is 281 Å². The normalized spacial score (nSPS) is 10.6. The van der Waals surface area contributed by atoms with Crippen molar-refractivity contribution in [2.24, 2.45) is 0 Å². The van der Waals surface area contributed by atoms with E-state index in [2.05, 4.69) is 305 Å². The van der Waals surface area contributed by atoms with Gasteiger partial charge in [0.2, 0.25) is 0 Å². The molecule has 0 aromatic heterocycles. The fourth-order valence-electron chi connectivity index (χ4n) is 18.8. The second kappa shape index (κ2) is 63.9. The van der Waals surface area contributed by atoms with Crippen molar-refractivity contribution in [3.05, 3.63) is 501 Å². The van der Waals surface area contributed by atoms with Crippen LogP contribution >= 0.6 is 0 Å². The molecule has 0 heterocycles. The molecule has 0 nitrogen and oxygen atoms in total. The Bertz CT molecular complexity index is 6290. The minimum atomic E-state index is 0. The highest BCUT2D eigenvalue weighted by atomic mass is 14.4. The first kappa shape index (κ1) is 117. The summed E-state index contributed by atoms with van der Waals surface area (Å²) in [4.78, 5) is 0. The van der Waals surface area contributed by atoms with E-state index in [0.717, 1.165) is 51.4 Å². The lowest BCUT2D eigenvalue weighted by Gasteiger charge is -2.08. The first-order chi connectivity index (χ1) is 68.4. The fraction of sp³-hybridized carbons (Fsp3) is 0.257. The van der Waals surface area contributed by atoms with E-state index in [0.29, 0.717) is 0 Å². The second-order valence-corrected chi connectivity index (χ2v) is 31.2. The second-order valence-electron chi connectivity index (χ2n) is 31.2. The number of fused-ring (bicyclic) bond motifs is 30. The maximum absolute atomic E-state index is 2.43. The fourth-order valence-corrected chi connectivity index (χ4v) is 18.8. The summed E-state index contributed by atoms with van der Waals surface area (Å²) in [6, 6.07) is 143. The van der Waals surface area contributed by atoms with Gasteiger partial charge < -0.3 is 0 Å². The van der Waals surface area contributed by atoms with Crippen LogP contribution in [0.4, 0.5) is 0 Å². The highest BCUT2D eigenvalue weighted by molar-refractivity contribution is 5.98. The largest absolute Gasteiger partial charge is 0.0776 e. The number of benzene rings is 18. The molecule has 0 fully saturated rings. The van der Waals surface area contributed by atoms with Gasteiger partial charge in [0.05, 0.1) is 0 Å². The van der Waals surface area contributed by atoms with Crippen LogP contribution in [0.3, 0.4) is 0 Å². The molecule has 0 N–H and O–H groups in total. The Morgan fingerprint density at radius 2 is 0.307 bits per heavy atom. The molecule has 18 aromatic rings. The molecule has 0 heteroatoms. The number of hydrogen-bond acceptors (Lipinski definition) is 0. The summed E-state index contributed by atoms with van der Waals surface area (Å²) in [5, 5.41) is 5.45. The Labute approximate surface area is 851 Å². The SMILES string of the molecule is C.C.CC.CC.CC.CC.CC.CC.CC.CC.CC.CC.CC.CC.Cc1ccccc1.Cc1ccccc1.c1ccc2c(c1)Cc1c-2ccc2c1Cc1c-2ccc2ccccc12.c1ccc2c(c1)Cc1c-2ccc2c1Cc1cc3ccccc3cc1-2.c1ccc2c(c1)Cc1c-2ccc2c1Cc1ccccc1-2.c1ccc2c(c1)Cc1cc3c(cc1-2)Cc1ccccc1-3.c1ccccc1.c1ccccc1. The van der Waals surface area contributed by atoms with Gasteiger partial charge in [0.25, 0.3) is 0 Å². The molecule has 728 valence electrons. The van der Waals surface area contributed by atoms with Gasteiger partial charge in [0.15, 0.2) is 0 Å². The van der Waals surface area contributed by atoms with E-state index in [-0.39, 0.29) is 14.9 Å². The van der Waals surface area contributed by atoms with Gasteiger partial charge in [-0.05, 0) is 283 Å². The zero-order valence-electron chi connectivity index (χ0n) is 88.8. The average Bonchev–Trinajstić information content (AvgIpc) is 1.89. The van der Waals surface area contributed by atoms with Crippen LogP contribution in [0.5, 0.6) is 0 Å². The number of aryl methyl sites for hydroxylation is 2. The van der Waals surface area contributed by atoms with Crippen molar-refractivity contribution in [1.29, 1.82) is 0 Å². The van der Waals surface area contributed by atoms with E-state index >= 15 is 0 Å². The zero-order chi connectivity index (χ0) is 100. The van der Waals surface area contributed by atoms with Gasteiger partial charge in [-0.25, -0.2) is 0 Å². The van der Waals surface area contributed by atoms with Crippen molar-refractivity contribution in [1.82, 2.24) is 0 Å². The van der Waals surface area contributed by atoms with E-state index in [1.807, 2.05) is 275 Å². The van der Waals surface area contributed by atoms with Gasteiger partial charge in [0.1, 0.15) is 0 Å². The zero-order valence-corrected chi connectivity index (χ0v) is 88.8. The Morgan fingerprint density at radius 1 is 0.121 bits per heavy atom. The third-order valence-corrected chi connectivity index (χ3v) is 24.2. The number of hydrogen-bond donors (Lipinski definition) is 0. The Morgan fingerprint density at radius 3 is 0.600 bits per heavy atom. The van der Waals surface area contributed by atoms with E-state index in [9.17, 15) is 0 Å². The van der Waals surface area contributed by atoms with Crippen LogP contribution in [-0.4, -0.2) is 0 Å². The third-order valence-electron chi connectivity index (χ3n) is 24.2. The summed E-state index contributed by atoms with van der Waals surface area (Å²) in [6.45, 7) is 52.2.